The normalized spacial score (nSPS) is 11.7. The van der Waals surface area contributed by atoms with Crippen molar-refractivity contribution in [3.63, 3.8) is 0 Å². The molecule has 0 saturated heterocycles. The maximum absolute atomic E-state index is 6.40. The van der Waals surface area contributed by atoms with Gasteiger partial charge < -0.3 is 4.52 Å². The maximum atomic E-state index is 6.40. The zero-order valence-electron chi connectivity index (χ0n) is 30.0. The zero-order chi connectivity index (χ0) is 30.4. The topological polar surface area (TPSA) is 9.23 Å². The molecule has 0 saturated carbocycles. The minimum Gasteiger partial charge on any atom is -0.359 e. The van der Waals surface area contributed by atoms with Gasteiger partial charge in [0.15, 0.2) is 0 Å². The maximum Gasteiger partial charge on any atom is 0.0508 e. The van der Waals surface area contributed by atoms with Crippen LogP contribution in [0.15, 0.2) is 0 Å². The third kappa shape index (κ3) is 36.6. The molecule has 0 spiro atoms. The van der Waals surface area contributed by atoms with Crippen LogP contribution in [0, 0.1) is 0 Å². The molecule has 0 aromatic heterocycles. The second-order valence-electron chi connectivity index (χ2n) is 13.7. The van der Waals surface area contributed by atoms with Gasteiger partial charge in [-0.05, 0) is 31.6 Å². The molecule has 0 bridgehead atoms. The summed E-state index contributed by atoms with van der Waals surface area (Å²) in [6.45, 7) is 7.92. The summed E-state index contributed by atoms with van der Waals surface area (Å²) in [5.74, 6) is 0. The van der Waals surface area contributed by atoms with Crippen molar-refractivity contribution in [2.75, 3.05) is 18.9 Å². The van der Waals surface area contributed by atoms with Gasteiger partial charge in [-0.3, -0.25) is 0 Å². The van der Waals surface area contributed by atoms with E-state index in [2.05, 4.69) is 20.8 Å². The highest BCUT2D eigenvalue weighted by atomic mass is 31.1. The van der Waals surface area contributed by atoms with Crippen LogP contribution in [0.25, 0.3) is 0 Å². The van der Waals surface area contributed by atoms with Crippen molar-refractivity contribution in [1.82, 2.24) is 0 Å². The zero-order valence-corrected chi connectivity index (χ0v) is 30.9. The summed E-state index contributed by atoms with van der Waals surface area (Å²) >= 11 is 0. The fraction of sp³-hybridized carbons (Fsp3) is 1.00. The van der Waals surface area contributed by atoms with E-state index in [1.54, 1.807) is 0 Å². The van der Waals surface area contributed by atoms with Crippen molar-refractivity contribution in [1.29, 1.82) is 0 Å². The summed E-state index contributed by atoms with van der Waals surface area (Å²) in [5, 5.41) is 0. The first kappa shape index (κ1) is 42.4. The molecule has 254 valence electrons. The van der Waals surface area contributed by atoms with Gasteiger partial charge in [0.2, 0.25) is 0 Å². The van der Waals surface area contributed by atoms with Crippen molar-refractivity contribution < 1.29 is 4.52 Å². The van der Waals surface area contributed by atoms with E-state index in [0.29, 0.717) is 0 Å². The average molecular weight is 611 g/mol. The molecule has 0 aromatic rings. The van der Waals surface area contributed by atoms with Crippen LogP contribution in [0.4, 0.5) is 0 Å². The molecular weight excluding hydrogens is 527 g/mol. The SMILES string of the molecule is CCCCCCCCCCCCCCCCCCP(CCCCCCCCCCCCCCCCCC)OCCCC. The number of unbranched alkanes of at least 4 members (excludes halogenated alkanes) is 31. The summed E-state index contributed by atoms with van der Waals surface area (Å²) in [6.07, 6.45) is 51.9. The van der Waals surface area contributed by atoms with E-state index in [1.807, 2.05) is 0 Å². The third-order valence-electron chi connectivity index (χ3n) is 9.29. The van der Waals surface area contributed by atoms with Crippen LogP contribution in [0.1, 0.15) is 239 Å². The Kier molecular flexibility index (Phi) is 39.8. The molecule has 0 amide bonds. The second-order valence-corrected chi connectivity index (χ2v) is 15.8. The van der Waals surface area contributed by atoms with Crippen LogP contribution in [-0.4, -0.2) is 18.9 Å². The van der Waals surface area contributed by atoms with E-state index in [4.69, 9.17) is 4.52 Å². The van der Waals surface area contributed by atoms with Gasteiger partial charge >= 0.3 is 0 Å². The predicted molar refractivity (Wildman–Crippen MR) is 197 cm³/mol. The lowest BCUT2D eigenvalue weighted by Crippen LogP contribution is -1.98. The summed E-state index contributed by atoms with van der Waals surface area (Å²) in [4.78, 5) is 0. The highest BCUT2D eigenvalue weighted by Crippen LogP contribution is 2.39. The van der Waals surface area contributed by atoms with Gasteiger partial charge in [-0.15, -0.1) is 0 Å². The molecule has 0 aliphatic rings. The molecule has 0 unspecified atom stereocenters. The fourth-order valence-corrected chi connectivity index (χ4v) is 8.27. The molecule has 0 aliphatic carbocycles. The van der Waals surface area contributed by atoms with E-state index in [-0.39, 0.29) is 8.15 Å². The Bertz CT molecular complexity index is 417. The van der Waals surface area contributed by atoms with Gasteiger partial charge in [-0.2, -0.15) is 0 Å². The Morgan fingerprint density at radius 2 is 0.476 bits per heavy atom. The lowest BCUT2D eigenvalue weighted by Gasteiger charge is -2.18. The molecule has 42 heavy (non-hydrogen) atoms. The first-order chi connectivity index (χ1) is 20.8. The van der Waals surface area contributed by atoms with E-state index < -0.39 is 0 Å². The molecule has 0 aromatic carbocycles. The minimum atomic E-state index is -0.158. The molecule has 2 heteroatoms. The highest BCUT2D eigenvalue weighted by Gasteiger charge is 2.09. The fourth-order valence-electron chi connectivity index (χ4n) is 6.25. The molecule has 0 fully saturated rings. The van der Waals surface area contributed by atoms with Crippen LogP contribution in [0.3, 0.4) is 0 Å². The molecule has 1 nitrogen and oxygen atoms in total. The summed E-state index contributed by atoms with van der Waals surface area (Å²) in [7, 11) is -0.158. The van der Waals surface area contributed by atoms with Crippen molar-refractivity contribution in [2.24, 2.45) is 0 Å². The van der Waals surface area contributed by atoms with E-state index >= 15 is 0 Å². The summed E-state index contributed by atoms with van der Waals surface area (Å²) in [6, 6.07) is 0. The molecule has 0 radical (unpaired) electrons. The van der Waals surface area contributed by atoms with Gasteiger partial charge in [-0.25, -0.2) is 0 Å². The van der Waals surface area contributed by atoms with Gasteiger partial charge in [-0.1, -0.05) is 220 Å². The van der Waals surface area contributed by atoms with Gasteiger partial charge in [0, 0.05) is 8.15 Å². The van der Waals surface area contributed by atoms with Crippen molar-refractivity contribution >= 4 is 8.15 Å². The van der Waals surface area contributed by atoms with Crippen LogP contribution in [-0.2, 0) is 4.52 Å². The smallest absolute Gasteiger partial charge is 0.0508 e. The Balaban J connectivity index is 3.52. The van der Waals surface area contributed by atoms with Crippen molar-refractivity contribution in [2.45, 2.75) is 239 Å². The predicted octanol–water partition coefficient (Wildman–Crippen LogP) is 15.7. The Morgan fingerprint density at radius 3 is 0.714 bits per heavy atom. The molecule has 0 atom stereocenters. The Labute approximate surface area is 270 Å². The highest BCUT2D eigenvalue weighted by molar-refractivity contribution is 7.52. The van der Waals surface area contributed by atoms with Crippen LogP contribution in [0.5, 0.6) is 0 Å². The molecule has 0 rings (SSSR count). The molecule has 0 N–H and O–H groups in total. The summed E-state index contributed by atoms with van der Waals surface area (Å²) < 4.78 is 6.40. The monoisotopic (exact) mass is 611 g/mol. The van der Waals surface area contributed by atoms with Crippen LogP contribution in [0.2, 0.25) is 0 Å². The average Bonchev–Trinajstić information content (AvgIpc) is 3.00. The number of rotatable bonds is 38. The Morgan fingerprint density at radius 1 is 0.262 bits per heavy atom. The minimum absolute atomic E-state index is 0.158. The third-order valence-corrected chi connectivity index (χ3v) is 11.5. The van der Waals surface area contributed by atoms with Gasteiger partial charge in [0.05, 0.1) is 6.61 Å². The van der Waals surface area contributed by atoms with Gasteiger partial charge in [0.25, 0.3) is 0 Å². The Hall–Kier alpha value is 0.390. The van der Waals surface area contributed by atoms with E-state index in [0.717, 1.165) is 6.61 Å². The first-order valence-corrected chi connectivity index (χ1v) is 21.9. The van der Waals surface area contributed by atoms with Crippen molar-refractivity contribution in [3.05, 3.63) is 0 Å². The number of hydrogen-bond acceptors (Lipinski definition) is 1. The lowest BCUT2D eigenvalue weighted by molar-refractivity contribution is 0.340. The standard InChI is InChI=1S/C40H83OP/c1-4-7-10-12-14-16-18-20-22-24-26-28-30-32-34-36-39-42(41-38-9-6-3)40-37-35-33-31-29-27-25-23-21-19-17-15-13-11-8-5-2/h4-40H2,1-3H3. The first-order valence-electron chi connectivity index (χ1n) is 20.2. The molecule has 0 heterocycles. The van der Waals surface area contributed by atoms with Gasteiger partial charge in [0.1, 0.15) is 0 Å². The van der Waals surface area contributed by atoms with Crippen LogP contribution >= 0.6 is 8.15 Å². The molecular formula is C40H83OP. The van der Waals surface area contributed by atoms with E-state index in [9.17, 15) is 0 Å². The quantitative estimate of drug-likeness (QED) is 0.0499. The number of hydrogen-bond donors (Lipinski definition) is 0. The second kappa shape index (κ2) is 39.4. The molecule has 0 aliphatic heterocycles. The van der Waals surface area contributed by atoms with Crippen LogP contribution < -0.4 is 0 Å². The van der Waals surface area contributed by atoms with E-state index in [1.165, 1.54) is 231 Å². The lowest BCUT2D eigenvalue weighted by atomic mass is 10.0. The van der Waals surface area contributed by atoms with Crippen molar-refractivity contribution in [3.8, 4) is 0 Å². The summed E-state index contributed by atoms with van der Waals surface area (Å²) in [5.41, 5.74) is 0. The largest absolute Gasteiger partial charge is 0.359 e.